The first-order valence-corrected chi connectivity index (χ1v) is 12.4. The van der Waals surface area contributed by atoms with E-state index in [9.17, 15) is 24.0 Å². The Labute approximate surface area is 214 Å². The van der Waals surface area contributed by atoms with Gasteiger partial charge in [0.25, 0.3) is 5.91 Å². The molecule has 0 spiro atoms. The van der Waals surface area contributed by atoms with Gasteiger partial charge in [0, 0.05) is 32.6 Å². The van der Waals surface area contributed by atoms with Crippen molar-refractivity contribution in [1.82, 2.24) is 5.32 Å². The fraction of sp³-hybridized carbons (Fsp3) is 0.455. The minimum atomic E-state index is -1.30. The largest absolute Gasteiger partial charge is 0.463 e. The van der Waals surface area contributed by atoms with Crippen molar-refractivity contribution in [1.29, 1.82) is 0 Å². The van der Waals surface area contributed by atoms with Gasteiger partial charge in [0.2, 0.25) is 0 Å². The lowest BCUT2D eigenvalue weighted by Gasteiger charge is -2.44. The third-order valence-corrected chi connectivity index (χ3v) is 6.52. The van der Waals surface area contributed by atoms with Crippen LogP contribution < -0.4 is 5.32 Å². The molecule has 5 atom stereocenters. The van der Waals surface area contributed by atoms with Gasteiger partial charge < -0.3 is 23.7 Å². The van der Waals surface area contributed by atoms with Gasteiger partial charge in [-0.15, -0.1) is 11.3 Å². The smallest absolute Gasteiger partial charge is 0.303 e. The van der Waals surface area contributed by atoms with Gasteiger partial charge in [0.05, 0.1) is 0 Å². The monoisotopic (exact) mass is 540 g/mol. The van der Waals surface area contributed by atoms with Gasteiger partial charge in [-0.2, -0.15) is 0 Å². The molecule has 194 valence electrons. The van der Waals surface area contributed by atoms with Crippen molar-refractivity contribution in [2.45, 2.75) is 57.5 Å². The first kappa shape index (κ1) is 27.4. The quantitative estimate of drug-likeness (QED) is 0.303. The van der Waals surface area contributed by atoms with Crippen molar-refractivity contribution >= 4 is 64.1 Å². The summed E-state index contributed by atoms with van der Waals surface area (Å²) in [4.78, 5) is 64.6. The lowest BCUT2D eigenvalue weighted by atomic mass is 9.99. The summed E-state index contributed by atoms with van der Waals surface area (Å²) in [5, 5.41) is 4.61. The molecule has 1 aromatic heterocycles. The first-order chi connectivity index (χ1) is 17.0. The van der Waals surface area contributed by atoms with Gasteiger partial charge >= 0.3 is 23.9 Å². The van der Waals surface area contributed by atoms with Gasteiger partial charge in [-0.1, -0.05) is 17.8 Å². The lowest BCUT2D eigenvalue weighted by Crippen LogP contribution is -2.61. The van der Waals surface area contributed by atoms with Crippen LogP contribution in [-0.4, -0.2) is 71.4 Å². The Morgan fingerprint density at radius 2 is 1.67 bits per heavy atom. The third kappa shape index (κ3) is 7.38. The zero-order chi connectivity index (χ0) is 26.4. The van der Waals surface area contributed by atoms with Crippen LogP contribution in [-0.2, 0) is 47.7 Å². The Balaban J connectivity index is 1.94. The second-order valence-corrected chi connectivity index (χ2v) is 9.67. The van der Waals surface area contributed by atoms with Crippen LogP contribution in [0, 0.1) is 0 Å². The summed E-state index contributed by atoms with van der Waals surface area (Å²) in [6.45, 7) is 4.26. The topological polar surface area (TPSA) is 156 Å². The molecule has 1 aromatic rings. The Kier molecular flexibility index (Phi) is 9.23. The zero-order valence-corrected chi connectivity index (χ0v) is 21.4. The summed E-state index contributed by atoms with van der Waals surface area (Å²) >= 11 is 2.33. The van der Waals surface area contributed by atoms with Crippen LogP contribution in [0.5, 0.6) is 0 Å². The molecule has 5 unspecified atom stereocenters. The van der Waals surface area contributed by atoms with Crippen molar-refractivity contribution < 1.29 is 47.7 Å². The van der Waals surface area contributed by atoms with E-state index < -0.39 is 59.6 Å². The Hall–Kier alpha value is -3.23. The SMILES string of the molecule is CC(=O)OCC1OC(SC2=N/C(=C/c3cccs3)C(=O)N2)C(OC(C)=O)C(OC(C)=O)C1OC(C)=O. The maximum Gasteiger partial charge on any atom is 0.303 e. The molecule has 3 rings (SSSR count). The maximum atomic E-state index is 12.4. The van der Waals surface area contributed by atoms with E-state index in [4.69, 9.17) is 23.7 Å². The normalized spacial score (nSPS) is 26.6. The summed E-state index contributed by atoms with van der Waals surface area (Å²) in [6.07, 6.45) is -3.31. The molecule has 1 N–H and O–H groups in total. The Bertz CT molecular complexity index is 1080. The van der Waals surface area contributed by atoms with E-state index in [0.29, 0.717) is 0 Å². The lowest BCUT2D eigenvalue weighted by molar-refractivity contribution is -0.237. The van der Waals surface area contributed by atoms with Crippen molar-refractivity contribution in [3.63, 3.8) is 0 Å². The minimum Gasteiger partial charge on any atom is -0.463 e. The number of thiophene rings is 1. The number of amides is 1. The van der Waals surface area contributed by atoms with E-state index in [-0.39, 0.29) is 17.5 Å². The Morgan fingerprint density at radius 1 is 1.03 bits per heavy atom. The van der Waals surface area contributed by atoms with Crippen LogP contribution in [0.25, 0.3) is 6.08 Å². The van der Waals surface area contributed by atoms with Gasteiger partial charge in [-0.05, 0) is 17.5 Å². The number of nitrogens with zero attached hydrogens (tertiary/aromatic N) is 1. The molecule has 1 fully saturated rings. The van der Waals surface area contributed by atoms with Gasteiger partial charge in [-0.3, -0.25) is 29.3 Å². The van der Waals surface area contributed by atoms with E-state index in [1.807, 2.05) is 17.5 Å². The van der Waals surface area contributed by atoms with Crippen LogP contribution in [0.2, 0.25) is 0 Å². The number of nitrogens with one attached hydrogen (secondary N) is 1. The number of thioether (sulfide) groups is 1. The minimum absolute atomic E-state index is 0.142. The number of esters is 4. The number of carbonyl (C=O) groups excluding carboxylic acids is 5. The maximum absolute atomic E-state index is 12.4. The fourth-order valence-corrected chi connectivity index (χ4v) is 5.12. The molecule has 0 bridgehead atoms. The van der Waals surface area contributed by atoms with Crippen molar-refractivity contribution in [2.24, 2.45) is 4.99 Å². The molecule has 12 nitrogen and oxygen atoms in total. The molecular weight excluding hydrogens is 516 g/mol. The molecule has 0 saturated carbocycles. The highest BCUT2D eigenvalue weighted by Crippen LogP contribution is 2.35. The van der Waals surface area contributed by atoms with E-state index in [0.717, 1.165) is 37.4 Å². The summed E-state index contributed by atoms with van der Waals surface area (Å²) in [7, 11) is 0. The molecule has 36 heavy (non-hydrogen) atoms. The third-order valence-electron chi connectivity index (χ3n) is 4.67. The predicted molar refractivity (Wildman–Crippen MR) is 127 cm³/mol. The van der Waals surface area contributed by atoms with Gasteiger partial charge in [-0.25, -0.2) is 4.99 Å². The van der Waals surface area contributed by atoms with E-state index in [1.165, 1.54) is 18.3 Å². The average Bonchev–Trinajstić information content (AvgIpc) is 3.40. The van der Waals surface area contributed by atoms with Crippen LogP contribution in [0.1, 0.15) is 32.6 Å². The molecule has 1 amide bonds. The fourth-order valence-electron chi connectivity index (χ4n) is 3.40. The molecule has 0 radical (unpaired) electrons. The summed E-state index contributed by atoms with van der Waals surface area (Å²) in [5.41, 5.74) is -0.934. The van der Waals surface area contributed by atoms with Crippen LogP contribution in [0.15, 0.2) is 28.2 Å². The molecule has 3 heterocycles. The summed E-state index contributed by atoms with van der Waals surface area (Å²) in [6, 6.07) is 3.66. The molecule has 0 aromatic carbocycles. The molecule has 2 aliphatic heterocycles. The number of aliphatic imine (C=N–C) groups is 1. The predicted octanol–water partition coefficient (Wildman–Crippen LogP) is 1.39. The second-order valence-electron chi connectivity index (χ2n) is 7.60. The molecule has 0 aliphatic carbocycles. The van der Waals surface area contributed by atoms with Crippen molar-refractivity contribution in [3.8, 4) is 0 Å². The molecule has 1 saturated heterocycles. The summed E-state index contributed by atoms with van der Waals surface area (Å²) < 4.78 is 27.2. The number of rotatable bonds is 7. The van der Waals surface area contributed by atoms with Crippen LogP contribution in [0.3, 0.4) is 0 Å². The average molecular weight is 541 g/mol. The zero-order valence-electron chi connectivity index (χ0n) is 19.7. The second kappa shape index (κ2) is 12.1. The number of ether oxygens (including phenoxy) is 5. The standard InChI is InChI=1S/C22H24N2O10S2/c1-10(25)30-9-16-17(31-11(2)26)18(32-12(3)27)19(33-13(4)28)21(34-16)36-22-23-15(20(29)24-22)8-14-6-5-7-35-14/h5-8,16-19,21H,9H2,1-4H3,(H,23,24,29)/b15-8+. The molecule has 14 heteroatoms. The summed E-state index contributed by atoms with van der Waals surface area (Å²) in [5.74, 6) is -3.25. The first-order valence-electron chi connectivity index (χ1n) is 10.7. The number of carbonyl (C=O) groups is 5. The van der Waals surface area contributed by atoms with Crippen LogP contribution >= 0.6 is 23.1 Å². The number of hydrogen-bond acceptors (Lipinski definition) is 13. The van der Waals surface area contributed by atoms with E-state index in [2.05, 4.69) is 10.3 Å². The molecular formula is C22H24N2O10S2. The van der Waals surface area contributed by atoms with Crippen molar-refractivity contribution in [3.05, 3.63) is 28.1 Å². The number of hydrogen-bond donors (Lipinski definition) is 1. The van der Waals surface area contributed by atoms with E-state index >= 15 is 0 Å². The highest BCUT2D eigenvalue weighted by Gasteiger charge is 2.53. The van der Waals surface area contributed by atoms with Crippen LogP contribution in [0.4, 0.5) is 0 Å². The highest BCUT2D eigenvalue weighted by atomic mass is 32.2. The highest BCUT2D eigenvalue weighted by molar-refractivity contribution is 8.14. The van der Waals surface area contributed by atoms with Gasteiger partial charge in [0.1, 0.15) is 18.4 Å². The molecule has 2 aliphatic rings. The van der Waals surface area contributed by atoms with Gasteiger partial charge in [0.15, 0.2) is 28.9 Å². The Morgan fingerprint density at radius 3 is 2.25 bits per heavy atom. The van der Waals surface area contributed by atoms with Crippen molar-refractivity contribution in [2.75, 3.05) is 6.61 Å². The van der Waals surface area contributed by atoms with E-state index in [1.54, 1.807) is 6.08 Å². The number of amidine groups is 1.